The fourth-order valence-electron chi connectivity index (χ4n) is 1.48. The van der Waals surface area contributed by atoms with Crippen molar-refractivity contribution in [3.8, 4) is 0 Å². The molecule has 0 spiro atoms. The monoisotopic (exact) mass is 233 g/mol. The third-order valence-corrected chi connectivity index (χ3v) is 2.32. The predicted octanol–water partition coefficient (Wildman–Crippen LogP) is 2.79. The van der Waals surface area contributed by atoms with E-state index >= 15 is 0 Å². The second-order valence-corrected chi connectivity index (χ2v) is 3.52. The molecule has 0 saturated carbocycles. The van der Waals surface area contributed by atoms with Crippen molar-refractivity contribution in [1.82, 2.24) is 4.98 Å². The summed E-state index contributed by atoms with van der Waals surface area (Å²) in [4.78, 5) is 15.7. The van der Waals surface area contributed by atoms with Crippen LogP contribution in [0.15, 0.2) is 42.6 Å². The van der Waals surface area contributed by atoms with Gasteiger partial charge in [0.15, 0.2) is 17.4 Å². The van der Waals surface area contributed by atoms with Gasteiger partial charge in [0.1, 0.15) is 0 Å². The Kier molecular flexibility index (Phi) is 3.23. The summed E-state index contributed by atoms with van der Waals surface area (Å²) in [5, 5.41) is 0. The Bertz CT molecular complexity index is 540. The van der Waals surface area contributed by atoms with Crippen LogP contribution >= 0.6 is 0 Å². The summed E-state index contributed by atoms with van der Waals surface area (Å²) >= 11 is 0. The lowest BCUT2D eigenvalue weighted by Gasteiger charge is -2.02. The summed E-state index contributed by atoms with van der Waals surface area (Å²) in [6, 6.07) is 8.67. The lowest BCUT2D eigenvalue weighted by molar-refractivity contribution is 0.0987. The molecule has 0 unspecified atom stereocenters. The number of ketones is 1. The normalized spacial score (nSPS) is 10.2. The average molecular weight is 233 g/mol. The number of rotatable bonds is 3. The van der Waals surface area contributed by atoms with Gasteiger partial charge in [0.05, 0.1) is 12.0 Å². The molecule has 0 N–H and O–H groups in total. The molecular formula is C13H9F2NO. The van der Waals surface area contributed by atoms with Crippen LogP contribution in [0.4, 0.5) is 8.78 Å². The Labute approximate surface area is 96.9 Å². The van der Waals surface area contributed by atoms with Crippen LogP contribution in [0.1, 0.15) is 16.1 Å². The Morgan fingerprint density at radius 2 is 1.94 bits per heavy atom. The summed E-state index contributed by atoms with van der Waals surface area (Å²) in [7, 11) is 0. The molecular weight excluding hydrogens is 224 g/mol. The number of halogens is 2. The number of nitrogens with zero attached hydrogens (tertiary/aromatic N) is 1. The van der Waals surface area contributed by atoms with Crippen LogP contribution < -0.4 is 0 Å². The van der Waals surface area contributed by atoms with Gasteiger partial charge < -0.3 is 0 Å². The molecule has 0 aliphatic carbocycles. The van der Waals surface area contributed by atoms with E-state index < -0.39 is 17.4 Å². The van der Waals surface area contributed by atoms with E-state index in [-0.39, 0.29) is 12.0 Å². The van der Waals surface area contributed by atoms with E-state index in [0.29, 0.717) is 5.69 Å². The first-order valence-electron chi connectivity index (χ1n) is 5.05. The molecule has 0 bridgehead atoms. The van der Waals surface area contributed by atoms with Crippen LogP contribution in [0.2, 0.25) is 0 Å². The molecule has 17 heavy (non-hydrogen) atoms. The fraction of sp³-hybridized carbons (Fsp3) is 0.0769. The minimum atomic E-state index is -1.10. The number of hydrogen-bond donors (Lipinski definition) is 0. The Morgan fingerprint density at radius 3 is 2.65 bits per heavy atom. The molecule has 2 rings (SSSR count). The quantitative estimate of drug-likeness (QED) is 0.763. The first-order valence-corrected chi connectivity index (χ1v) is 5.05. The van der Waals surface area contributed by atoms with Crippen molar-refractivity contribution in [2.75, 3.05) is 0 Å². The van der Waals surface area contributed by atoms with Gasteiger partial charge in [-0.2, -0.15) is 0 Å². The minimum absolute atomic E-state index is 0.0405. The van der Waals surface area contributed by atoms with Crippen LogP contribution in [-0.2, 0) is 6.42 Å². The van der Waals surface area contributed by atoms with Crippen LogP contribution in [-0.4, -0.2) is 10.8 Å². The Morgan fingerprint density at radius 1 is 1.12 bits per heavy atom. The molecule has 1 aromatic heterocycles. The van der Waals surface area contributed by atoms with Crippen molar-refractivity contribution in [2.24, 2.45) is 0 Å². The molecule has 4 heteroatoms. The van der Waals surface area contributed by atoms with Gasteiger partial charge in [-0.1, -0.05) is 12.1 Å². The zero-order valence-corrected chi connectivity index (χ0v) is 8.86. The first kappa shape index (κ1) is 11.4. The number of Topliss-reactive ketones (excluding diaryl/α,β-unsaturated/α-hetero) is 1. The molecule has 0 fully saturated rings. The maximum absolute atomic E-state index is 13.3. The molecule has 0 atom stereocenters. The molecule has 86 valence electrons. The molecule has 0 amide bonds. The summed E-state index contributed by atoms with van der Waals surface area (Å²) in [6.45, 7) is 0. The van der Waals surface area contributed by atoms with E-state index in [1.54, 1.807) is 24.4 Å². The number of hydrogen-bond acceptors (Lipinski definition) is 2. The van der Waals surface area contributed by atoms with E-state index in [0.717, 1.165) is 6.07 Å². The number of carbonyl (C=O) groups excluding carboxylic acids is 1. The van der Waals surface area contributed by atoms with Gasteiger partial charge in [0.25, 0.3) is 0 Å². The fourth-order valence-corrected chi connectivity index (χ4v) is 1.48. The van der Waals surface area contributed by atoms with Gasteiger partial charge in [-0.3, -0.25) is 9.78 Å². The highest BCUT2D eigenvalue weighted by Crippen LogP contribution is 2.13. The average Bonchev–Trinajstić information content (AvgIpc) is 2.34. The molecule has 2 nitrogen and oxygen atoms in total. The first-order chi connectivity index (χ1) is 8.18. The van der Waals surface area contributed by atoms with E-state index in [4.69, 9.17) is 0 Å². The number of carbonyl (C=O) groups is 1. The van der Waals surface area contributed by atoms with E-state index in [9.17, 15) is 13.6 Å². The second-order valence-electron chi connectivity index (χ2n) is 3.52. The third kappa shape index (κ3) is 2.53. The lowest BCUT2D eigenvalue weighted by Crippen LogP contribution is -2.08. The number of benzene rings is 1. The smallest absolute Gasteiger partial charge is 0.171 e. The van der Waals surface area contributed by atoms with Crippen molar-refractivity contribution in [2.45, 2.75) is 6.42 Å². The topological polar surface area (TPSA) is 30.0 Å². The van der Waals surface area contributed by atoms with Gasteiger partial charge in [-0.25, -0.2) is 8.78 Å². The highest BCUT2D eigenvalue weighted by Gasteiger charge is 2.15. The summed E-state index contributed by atoms with van der Waals surface area (Å²) in [6.07, 6.45) is 1.51. The molecule has 0 saturated heterocycles. The van der Waals surface area contributed by atoms with Gasteiger partial charge in [-0.15, -0.1) is 0 Å². The van der Waals surface area contributed by atoms with Crippen LogP contribution in [0.25, 0.3) is 0 Å². The van der Waals surface area contributed by atoms with Gasteiger partial charge in [0, 0.05) is 11.9 Å². The molecule has 1 heterocycles. The van der Waals surface area contributed by atoms with Crippen LogP contribution in [0.5, 0.6) is 0 Å². The molecule has 0 radical (unpaired) electrons. The van der Waals surface area contributed by atoms with Gasteiger partial charge in [0.2, 0.25) is 0 Å². The summed E-state index contributed by atoms with van der Waals surface area (Å²) in [5.74, 6) is -2.61. The maximum atomic E-state index is 13.3. The maximum Gasteiger partial charge on any atom is 0.171 e. The molecule has 0 aliphatic heterocycles. The van der Waals surface area contributed by atoms with Crippen molar-refractivity contribution in [3.05, 3.63) is 65.5 Å². The zero-order valence-electron chi connectivity index (χ0n) is 8.86. The van der Waals surface area contributed by atoms with Crippen molar-refractivity contribution in [1.29, 1.82) is 0 Å². The predicted molar refractivity (Wildman–Crippen MR) is 58.6 cm³/mol. The number of pyridine rings is 1. The van der Waals surface area contributed by atoms with E-state index in [1.807, 2.05) is 0 Å². The van der Waals surface area contributed by atoms with Crippen molar-refractivity contribution in [3.63, 3.8) is 0 Å². The highest BCUT2D eigenvalue weighted by atomic mass is 19.2. The van der Waals surface area contributed by atoms with E-state index in [1.165, 1.54) is 12.1 Å². The Hall–Kier alpha value is -2.10. The van der Waals surface area contributed by atoms with Gasteiger partial charge in [-0.05, 0) is 24.3 Å². The standard InChI is InChI=1S/C13H9F2NO/c14-11-6-3-5-10(13(11)15)12(17)8-9-4-1-2-7-16-9/h1-7H,8H2. The Balaban J connectivity index is 2.24. The summed E-state index contributed by atoms with van der Waals surface area (Å²) in [5.41, 5.74) is 0.289. The van der Waals surface area contributed by atoms with Crippen molar-refractivity contribution < 1.29 is 13.6 Å². The van der Waals surface area contributed by atoms with Crippen LogP contribution in [0.3, 0.4) is 0 Å². The molecule has 2 aromatic rings. The van der Waals surface area contributed by atoms with Crippen molar-refractivity contribution >= 4 is 5.78 Å². The lowest BCUT2D eigenvalue weighted by atomic mass is 10.1. The minimum Gasteiger partial charge on any atom is -0.294 e. The summed E-state index contributed by atoms with van der Waals surface area (Å²) < 4.78 is 26.3. The molecule has 1 aromatic carbocycles. The van der Waals surface area contributed by atoms with Crippen LogP contribution in [0, 0.1) is 11.6 Å². The SMILES string of the molecule is O=C(Cc1ccccn1)c1cccc(F)c1F. The van der Waals surface area contributed by atoms with E-state index in [2.05, 4.69) is 4.98 Å². The number of aromatic nitrogens is 1. The largest absolute Gasteiger partial charge is 0.294 e. The molecule has 0 aliphatic rings. The zero-order chi connectivity index (χ0) is 12.3. The highest BCUT2D eigenvalue weighted by molar-refractivity contribution is 5.97. The van der Waals surface area contributed by atoms with Gasteiger partial charge >= 0.3 is 0 Å². The second kappa shape index (κ2) is 4.82. The third-order valence-electron chi connectivity index (χ3n) is 2.32.